The van der Waals surface area contributed by atoms with Crippen molar-refractivity contribution in [2.24, 2.45) is 5.73 Å². The predicted molar refractivity (Wildman–Crippen MR) is 64.6 cm³/mol. The van der Waals surface area contributed by atoms with Gasteiger partial charge in [0, 0.05) is 25.8 Å². The second-order valence-electron chi connectivity index (χ2n) is 4.40. The molecule has 4 heteroatoms. The lowest BCUT2D eigenvalue weighted by Gasteiger charge is -2.37. The van der Waals surface area contributed by atoms with Gasteiger partial charge in [0.2, 0.25) is 0 Å². The van der Waals surface area contributed by atoms with Crippen LogP contribution in [0.15, 0.2) is 18.3 Å². The first-order chi connectivity index (χ1) is 7.69. The van der Waals surface area contributed by atoms with Crippen LogP contribution in [0.25, 0.3) is 0 Å². The van der Waals surface area contributed by atoms with Gasteiger partial charge in [0.25, 0.3) is 0 Å². The Morgan fingerprint density at radius 3 is 3.06 bits per heavy atom. The maximum Gasteiger partial charge on any atom is 0.128 e. The molecule has 2 rings (SSSR count). The highest BCUT2D eigenvalue weighted by molar-refractivity contribution is 5.41. The molecule has 1 saturated heterocycles. The van der Waals surface area contributed by atoms with E-state index in [1.807, 2.05) is 12.3 Å². The maximum absolute atomic E-state index is 5.72. The summed E-state index contributed by atoms with van der Waals surface area (Å²) in [5.41, 5.74) is 6.89. The third-order valence-corrected chi connectivity index (χ3v) is 2.81. The molecule has 4 nitrogen and oxygen atoms in total. The molecule has 0 spiro atoms. The van der Waals surface area contributed by atoms with Crippen LogP contribution in [-0.2, 0) is 4.74 Å². The Kier molecular flexibility index (Phi) is 3.41. The molecular formula is C12H19N3O. The fraction of sp³-hybridized carbons (Fsp3) is 0.583. The van der Waals surface area contributed by atoms with Crippen LogP contribution in [0.2, 0.25) is 0 Å². The quantitative estimate of drug-likeness (QED) is 0.807. The van der Waals surface area contributed by atoms with Crippen LogP contribution in [0.4, 0.5) is 5.82 Å². The molecule has 2 atom stereocenters. The van der Waals surface area contributed by atoms with E-state index in [0.29, 0.717) is 6.54 Å². The molecule has 1 aliphatic rings. The number of anilines is 1. The molecule has 0 radical (unpaired) electrons. The number of hydrogen-bond acceptors (Lipinski definition) is 4. The zero-order chi connectivity index (χ0) is 11.5. The largest absolute Gasteiger partial charge is 0.370 e. The van der Waals surface area contributed by atoms with Crippen molar-refractivity contribution in [2.45, 2.75) is 26.1 Å². The van der Waals surface area contributed by atoms with Gasteiger partial charge in [0.15, 0.2) is 0 Å². The summed E-state index contributed by atoms with van der Waals surface area (Å²) in [5.74, 6) is 1.02. The highest BCUT2D eigenvalue weighted by atomic mass is 16.5. The highest BCUT2D eigenvalue weighted by Crippen LogP contribution is 2.18. The Labute approximate surface area is 96.4 Å². The van der Waals surface area contributed by atoms with Crippen LogP contribution in [0.5, 0.6) is 0 Å². The molecule has 0 bridgehead atoms. The van der Waals surface area contributed by atoms with Gasteiger partial charge in [-0.1, -0.05) is 0 Å². The topological polar surface area (TPSA) is 51.4 Å². The molecule has 1 aromatic heterocycles. The highest BCUT2D eigenvalue weighted by Gasteiger charge is 2.24. The predicted octanol–water partition coefficient (Wildman–Crippen LogP) is 0.942. The molecule has 1 aliphatic heterocycles. The van der Waals surface area contributed by atoms with Gasteiger partial charge in [-0.3, -0.25) is 0 Å². The van der Waals surface area contributed by atoms with Gasteiger partial charge in [-0.25, -0.2) is 4.98 Å². The van der Waals surface area contributed by atoms with Gasteiger partial charge >= 0.3 is 0 Å². The first-order valence-corrected chi connectivity index (χ1v) is 5.72. The lowest BCUT2D eigenvalue weighted by atomic mass is 10.2. The van der Waals surface area contributed by atoms with Crippen molar-refractivity contribution in [3.63, 3.8) is 0 Å². The summed E-state index contributed by atoms with van der Waals surface area (Å²) >= 11 is 0. The second kappa shape index (κ2) is 4.80. The van der Waals surface area contributed by atoms with Crippen molar-refractivity contribution >= 4 is 5.82 Å². The zero-order valence-electron chi connectivity index (χ0n) is 9.89. The minimum atomic E-state index is 0.117. The van der Waals surface area contributed by atoms with E-state index in [1.54, 1.807) is 0 Å². The van der Waals surface area contributed by atoms with E-state index in [4.69, 9.17) is 10.5 Å². The number of aryl methyl sites for hydroxylation is 1. The number of morpholine rings is 1. The zero-order valence-corrected chi connectivity index (χ0v) is 9.89. The lowest BCUT2D eigenvalue weighted by Crippen LogP contribution is -2.49. The molecule has 88 valence electrons. The van der Waals surface area contributed by atoms with Crippen LogP contribution in [0, 0.1) is 6.92 Å². The minimum absolute atomic E-state index is 0.117. The molecule has 2 unspecified atom stereocenters. The van der Waals surface area contributed by atoms with Crippen LogP contribution in [-0.4, -0.2) is 36.8 Å². The summed E-state index contributed by atoms with van der Waals surface area (Å²) in [6.07, 6.45) is 2.18. The number of aromatic nitrogens is 1. The lowest BCUT2D eigenvalue weighted by molar-refractivity contribution is -0.0107. The minimum Gasteiger partial charge on any atom is -0.370 e. The summed E-state index contributed by atoms with van der Waals surface area (Å²) in [5, 5.41) is 0. The molecule has 16 heavy (non-hydrogen) atoms. The van der Waals surface area contributed by atoms with E-state index in [1.165, 1.54) is 5.56 Å². The number of nitrogens with zero attached hydrogens (tertiary/aromatic N) is 2. The number of nitrogens with two attached hydrogens (primary N) is 1. The first kappa shape index (κ1) is 11.4. The van der Waals surface area contributed by atoms with Crippen LogP contribution in [0.3, 0.4) is 0 Å². The van der Waals surface area contributed by atoms with Gasteiger partial charge in [-0.05, 0) is 31.5 Å². The van der Waals surface area contributed by atoms with Gasteiger partial charge in [0.05, 0.1) is 12.2 Å². The molecule has 0 amide bonds. The average molecular weight is 221 g/mol. The van der Waals surface area contributed by atoms with Gasteiger partial charge in [-0.15, -0.1) is 0 Å². The molecule has 0 aliphatic carbocycles. The fourth-order valence-corrected chi connectivity index (χ4v) is 2.06. The summed E-state index contributed by atoms with van der Waals surface area (Å²) in [6.45, 7) is 6.43. The Hall–Kier alpha value is -1.13. The number of pyridine rings is 1. The molecule has 2 N–H and O–H groups in total. The van der Waals surface area contributed by atoms with Crippen molar-refractivity contribution in [2.75, 3.05) is 24.5 Å². The summed E-state index contributed by atoms with van der Waals surface area (Å²) in [6, 6.07) is 4.11. The molecule has 1 fully saturated rings. The van der Waals surface area contributed by atoms with E-state index < -0.39 is 0 Å². The average Bonchev–Trinajstić information content (AvgIpc) is 2.28. The third-order valence-electron chi connectivity index (χ3n) is 2.81. The summed E-state index contributed by atoms with van der Waals surface area (Å²) in [4.78, 5) is 6.64. The third kappa shape index (κ3) is 2.51. The smallest absolute Gasteiger partial charge is 0.128 e. The van der Waals surface area contributed by atoms with Gasteiger partial charge < -0.3 is 15.4 Å². The Balaban J connectivity index is 2.14. The van der Waals surface area contributed by atoms with Gasteiger partial charge in [-0.2, -0.15) is 0 Å². The normalized spacial score (nSPS) is 25.8. The van der Waals surface area contributed by atoms with Crippen molar-refractivity contribution in [3.05, 3.63) is 23.9 Å². The fourth-order valence-electron chi connectivity index (χ4n) is 2.06. The SMILES string of the molecule is Cc1ccnc(N2CC(C)OC(CN)C2)c1. The Morgan fingerprint density at radius 2 is 2.38 bits per heavy atom. The van der Waals surface area contributed by atoms with E-state index in [0.717, 1.165) is 18.9 Å². The number of ether oxygens (including phenoxy) is 1. The molecule has 0 saturated carbocycles. The Bertz CT molecular complexity index is 356. The van der Waals surface area contributed by atoms with Crippen molar-refractivity contribution in [1.82, 2.24) is 4.98 Å². The van der Waals surface area contributed by atoms with Crippen LogP contribution in [0.1, 0.15) is 12.5 Å². The van der Waals surface area contributed by atoms with Crippen LogP contribution < -0.4 is 10.6 Å². The molecular weight excluding hydrogens is 202 g/mol. The van der Waals surface area contributed by atoms with Crippen molar-refractivity contribution in [3.8, 4) is 0 Å². The van der Waals surface area contributed by atoms with Crippen molar-refractivity contribution in [1.29, 1.82) is 0 Å². The molecule has 1 aromatic rings. The summed E-state index contributed by atoms with van der Waals surface area (Å²) in [7, 11) is 0. The van der Waals surface area contributed by atoms with Gasteiger partial charge in [0.1, 0.15) is 5.82 Å². The van der Waals surface area contributed by atoms with Crippen molar-refractivity contribution < 1.29 is 4.74 Å². The Morgan fingerprint density at radius 1 is 1.56 bits per heavy atom. The maximum atomic E-state index is 5.72. The number of rotatable bonds is 2. The standard InChI is InChI=1S/C12H19N3O/c1-9-3-4-14-12(5-9)15-7-10(2)16-11(6-13)8-15/h3-5,10-11H,6-8,13H2,1-2H3. The van der Waals surface area contributed by atoms with E-state index in [9.17, 15) is 0 Å². The molecule has 0 aromatic carbocycles. The van der Waals surface area contributed by atoms with E-state index in [2.05, 4.69) is 29.8 Å². The molecule has 2 heterocycles. The van der Waals surface area contributed by atoms with E-state index >= 15 is 0 Å². The van der Waals surface area contributed by atoms with E-state index in [-0.39, 0.29) is 12.2 Å². The second-order valence-corrected chi connectivity index (χ2v) is 4.40. The first-order valence-electron chi connectivity index (χ1n) is 5.72. The summed E-state index contributed by atoms with van der Waals surface area (Å²) < 4.78 is 5.72. The number of hydrogen-bond donors (Lipinski definition) is 1. The monoisotopic (exact) mass is 221 g/mol. The van der Waals surface area contributed by atoms with Crippen LogP contribution >= 0.6 is 0 Å².